The van der Waals surface area contributed by atoms with Gasteiger partial charge in [0.05, 0.1) is 12.8 Å². The van der Waals surface area contributed by atoms with Gasteiger partial charge in [-0.3, -0.25) is 14.4 Å². The van der Waals surface area contributed by atoms with E-state index in [1.54, 1.807) is 45.0 Å². The van der Waals surface area contributed by atoms with Gasteiger partial charge in [0.15, 0.2) is 0 Å². The quantitative estimate of drug-likeness (QED) is 0.218. The molecule has 1 aromatic carbocycles. The first kappa shape index (κ1) is 29.4. The van der Waals surface area contributed by atoms with Crippen LogP contribution in [0.15, 0.2) is 24.3 Å². The highest BCUT2D eigenvalue weighted by Gasteiger charge is 2.25. The maximum absolute atomic E-state index is 12.8. The zero-order valence-electron chi connectivity index (χ0n) is 20.1. The van der Waals surface area contributed by atoms with E-state index in [1.165, 1.54) is 0 Å². The molecule has 1 unspecified atom stereocenters. The van der Waals surface area contributed by atoms with Gasteiger partial charge in [-0.25, -0.2) is 9.59 Å². The average molecular weight is 495 g/mol. The van der Waals surface area contributed by atoms with Crippen LogP contribution < -0.4 is 21.7 Å². The van der Waals surface area contributed by atoms with Crippen LogP contribution >= 0.6 is 0 Å². The van der Waals surface area contributed by atoms with E-state index >= 15 is 0 Å². The van der Waals surface area contributed by atoms with Crippen LogP contribution in [0.25, 0.3) is 0 Å². The minimum Gasteiger partial charge on any atom is -0.481 e. The van der Waals surface area contributed by atoms with Crippen molar-refractivity contribution in [3.8, 4) is 0 Å². The van der Waals surface area contributed by atoms with Crippen LogP contribution in [-0.4, -0.2) is 64.3 Å². The van der Waals surface area contributed by atoms with Crippen molar-refractivity contribution >= 4 is 35.5 Å². The fourth-order valence-corrected chi connectivity index (χ4v) is 2.95. The summed E-state index contributed by atoms with van der Waals surface area (Å²) in [5, 5.41) is 25.2. The van der Waals surface area contributed by atoms with E-state index in [0.717, 1.165) is 0 Å². The molecule has 0 bridgehead atoms. The highest BCUT2D eigenvalue weighted by molar-refractivity contribution is 5.96. The Morgan fingerprint density at radius 3 is 2.11 bits per heavy atom. The number of nitrogens with one attached hydrogen (secondary N) is 3. The monoisotopic (exact) mass is 494 g/mol. The van der Waals surface area contributed by atoms with Crippen LogP contribution in [0.1, 0.15) is 52.0 Å². The normalized spacial score (nSPS) is 12.7. The molecular formula is C23H34N4O8. The molecule has 1 rings (SSSR count). The number of carbonyl (C=O) groups excluding carboxylic acids is 3. The Morgan fingerprint density at radius 1 is 0.971 bits per heavy atom. The predicted molar refractivity (Wildman–Crippen MR) is 127 cm³/mol. The van der Waals surface area contributed by atoms with Crippen LogP contribution in [0.5, 0.6) is 0 Å². The Morgan fingerprint density at radius 2 is 1.60 bits per heavy atom. The van der Waals surface area contributed by atoms with Gasteiger partial charge in [0, 0.05) is 5.69 Å². The molecule has 0 aliphatic carbocycles. The summed E-state index contributed by atoms with van der Waals surface area (Å²) in [6.45, 7) is 5.60. The van der Waals surface area contributed by atoms with E-state index in [2.05, 4.69) is 16.0 Å². The molecule has 35 heavy (non-hydrogen) atoms. The predicted octanol–water partition coefficient (Wildman–Crippen LogP) is 1.23. The number of amides is 3. The number of anilines is 1. The van der Waals surface area contributed by atoms with Crippen molar-refractivity contribution in [1.29, 1.82) is 0 Å². The molecule has 12 heteroatoms. The van der Waals surface area contributed by atoms with Crippen molar-refractivity contribution in [2.45, 2.75) is 70.6 Å². The van der Waals surface area contributed by atoms with Gasteiger partial charge in [0.1, 0.15) is 17.7 Å². The maximum Gasteiger partial charge on any atom is 0.408 e. The molecule has 0 saturated heterocycles. The third-order valence-electron chi connectivity index (χ3n) is 4.55. The molecule has 0 aliphatic rings. The number of hydrogen-bond donors (Lipinski definition) is 6. The molecular weight excluding hydrogens is 460 g/mol. The van der Waals surface area contributed by atoms with Gasteiger partial charge in [-0.2, -0.15) is 0 Å². The number of ether oxygens (including phenoxy) is 1. The van der Waals surface area contributed by atoms with E-state index in [9.17, 15) is 24.0 Å². The molecule has 0 fully saturated rings. The molecule has 0 heterocycles. The van der Waals surface area contributed by atoms with E-state index in [1.807, 2.05) is 0 Å². The molecule has 0 aromatic heterocycles. The lowest BCUT2D eigenvalue weighted by Crippen LogP contribution is -2.45. The summed E-state index contributed by atoms with van der Waals surface area (Å²) in [6, 6.07) is 3.85. The lowest BCUT2D eigenvalue weighted by Gasteiger charge is -2.23. The zero-order valence-corrected chi connectivity index (χ0v) is 20.1. The summed E-state index contributed by atoms with van der Waals surface area (Å²) < 4.78 is 5.23. The fraction of sp³-hybridized carbons (Fsp3) is 0.522. The minimum atomic E-state index is -1.53. The number of aliphatic carboxylic acids is 2. The topological polar surface area (TPSA) is 197 Å². The molecule has 12 nitrogen and oxygen atoms in total. The summed E-state index contributed by atoms with van der Waals surface area (Å²) >= 11 is 0. The third kappa shape index (κ3) is 12.4. The summed E-state index contributed by atoms with van der Waals surface area (Å²) in [4.78, 5) is 58.8. The highest BCUT2D eigenvalue weighted by atomic mass is 16.6. The van der Waals surface area contributed by atoms with Crippen LogP contribution in [0, 0.1) is 0 Å². The minimum absolute atomic E-state index is 0.181. The smallest absolute Gasteiger partial charge is 0.408 e. The van der Waals surface area contributed by atoms with Crippen LogP contribution in [-0.2, 0) is 30.3 Å². The molecule has 0 aliphatic heterocycles. The fourth-order valence-electron chi connectivity index (χ4n) is 2.95. The van der Waals surface area contributed by atoms with Gasteiger partial charge in [-0.05, 0) is 64.3 Å². The van der Waals surface area contributed by atoms with Gasteiger partial charge in [0.25, 0.3) is 0 Å². The number of unbranched alkanes of at least 4 members (excludes halogenated alkanes) is 1. The van der Waals surface area contributed by atoms with Crippen molar-refractivity contribution in [2.75, 3.05) is 11.9 Å². The highest BCUT2D eigenvalue weighted by Crippen LogP contribution is 2.13. The molecule has 2 atom stereocenters. The SMILES string of the molecule is CC(C)(C)OC(=O)NC(CCCCN)C(=O)Nc1ccc(CC(=O)N[C@@H](CC(=O)O)C(=O)O)cc1. The first-order chi connectivity index (χ1) is 16.3. The number of alkyl carbamates (subject to hydrolysis) is 1. The van der Waals surface area contributed by atoms with E-state index in [-0.39, 0.29) is 6.42 Å². The molecule has 3 amide bonds. The molecule has 1 aromatic rings. The number of carboxylic acid groups (broad SMARTS) is 2. The second-order valence-electron chi connectivity index (χ2n) is 8.90. The standard InChI is InChI=1S/C23H34N4O8/c1-23(2,3)35-22(34)27-16(6-4-5-11-24)20(31)25-15-9-7-14(8-10-15)12-18(28)26-17(21(32)33)13-19(29)30/h7-10,16-17H,4-6,11-13,24H2,1-3H3,(H,25,31)(H,26,28)(H,27,34)(H,29,30)(H,32,33)/t16?,17-/m0/s1. The molecule has 0 saturated carbocycles. The number of hydrogen-bond acceptors (Lipinski definition) is 7. The second-order valence-corrected chi connectivity index (χ2v) is 8.90. The molecule has 194 valence electrons. The number of nitrogens with two attached hydrogens (primary N) is 1. The van der Waals surface area contributed by atoms with Crippen LogP contribution in [0.2, 0.25) is 0 Å². The largest absolute Gasteiger partial charge is 0.481 e. The van der Waals surface area contributed by atoms with Gasteiger partial charge >= 0.3 is 18.0 Å². The molecule has 0 radical (unpaired) electrons. The summed E-state index contributed by atoms with van der Waals surface area (Å²) in [6.07, 6.45) is 0.0368. The van der Waals surface area contributed by atoms with E-state index < -0.39 is 54.0 Å². The lowest BCUT2D eigenvalue weighted by atomic mass is 10.1. The summed E-state index contributed by atoms with van der Waals surface area (Å²) in [5.41, 5.74) is 5.73. The van der Waals surface area contributed by atoms with Crippen molar-refractivity contribution < 1.29 is 38.9 Å². The lowest BCUT2D eigenvalue weighted by molar-refractivity contribution is -0.147. The van der Waals surface area contributed by atoms with Crippen LogP contribution in [0.4, 0.5) is 10.5 Å². The van der Waals surface area contributed by atoms with Gasteiger partial charge in [-0.1, -0.05) is 12.1 Å². The van der Waals surface area contributed by atoms with Crippen molar-refractivity contribution in [1.82, 2.24) is 10.6 Å². The van der Waals surface area contributed by atoms with Gasteiger partial charge in [0.2, 0.25) is 11.8 Å². The Balaban J connectivity index is 2.75. The summed E-state index contributed by atoms with van der Waals surface area (Å²) in [5.74, 6) is -3.89. The molecule has 7 N–H and O–H groups in total. The Kier molecular flexibility index (Phi) is 11.7. The van der Waals surface area contributed by atoms with Gasteiger partial charge in [-0.15, -0.1) is 0 Å². The number of carboxylic acids is 2. The average Bonchev–Trinajstić information content (AvgIpc) is 2.72. The van der Waals surface area contributed by atoms with Crippen LogP contribution in [0.3, 0.4) is 0 Å². The number of rotatable bonds is 13. The number of carbonyl (C=O) groups is 5. The van der Waals surface area contributed by atoms with Crippen molar-refractivity contribution in [3.05, 3.63) is 29.8 Å². The van der Waals surface area contributed by atoms with Gasteiger partial charge < -0.3 is 36.6 Å². The molecule has 0 spiro atoms. The Bertz CT molecular complexity index is 896. The maximum atomic E-state index is 12.8. The number of benzene rings is 1. The second kappa shape index (κ2) is 13.9. The Labute approximate surface area is 203 Å². The first-order valence-corrected chi connectivity index (χ1v) is 11.1. The Hall–Kier alpha value is -3.67. The van der Waals surface area contributed by atoms with E-state index in [4.69, 9.17) is 20.7 Å². The van der Waals surface area contributed by atoms with E-state index in [0.29, 0.717) is 37.1 Å². The summed E-state index contributed by atoms with van der Waals surface area (Å²) in [7, 11) is 0. The first-order valence-electron chi connectivity index (χ1n) is 11.1. The van der Waals surface area contributed by atoms with Crippen molar-refractivity contribution in [3.63, 3.8) is 0 Å². The third-order valence-corrected chi connectivity index (χ3v) is 4.55. The van der Waals surface area contributed by atoms with Crippen molar-refractivity contribution in [2.24, 2.45) is 5.73 Å². The zero-order chi connectivity index (χ0) is 26.6.